The summed E-state index contributed by atoms with van der Waals surface area (Å²) in [6.07, 6.45) is 7.28. The van der Waals surface area contributed by atoms with Crippen LogP contribution in [-0.4, -0.2) is 12.1 Å². The van der Waals surface area contributed by atoms with E-state index in [4.69, 9.17) is 11.2 Å². The summed E-state index contributed by atoms with van der Waals surface area (Å²) in [5.41, 5.74) is 1.67. The summed E-state index contributed by atoms with van der Waals surface area (Å²) in [7, 11) is 1.63. The number of hydrogen-bond acceptors (Lipinski definition) is 3. The molecular weight excluding hydrogens is 224 g/mol. The Balaban J connectivity index is 2.24. The maximum Gasteiger partial charge on any atom is 0.141 e. The van der Waals surface area contributed by atoms with Gasteiger partial charge in [0.05, 0.1) is 18.5 Å². The normalized spacial score (nSPS) is 11.3. The lowest BCUT2D eigenvalue weighted by molar-refractivity contribution is 0.416. The second kappa shape index (κ2) is 5.74. The minimum absolute atomic E-state index is 0.275. The quantitative estimate of drug-likeness (QED) is 0.832. The molecule has 0 fully saturated rings. The standard InChI is InChI=1S/C15H14N2O/c1-3-12(13-8-6-7-11-16-13)17-14-9-4-5-10-15(14)18-2/h1,4-12,17H,2H3/t12-/m0/s1. The van der Waals surface area contributed by atoms with Crippen molar-refractivity contribution in [3.05, 3.63) is 54.4 Å². The summed E-state index contributed by atoms with van der Waals surface area (Å²) in [6.45, 7) is 0. The maximum atomic E-state index is 5.55. The molecule has 0 saturated carbocycles. The summed E-state index contributed by atoms with van der Waals surface area (Å²) < 4.78 is 5.28. The smallest absolute Gasteiger partial charge is 0.141 e. The van der Waals surface area contributed by atoms with E-state index in [0.717, 1.165) is 17.1 Å². The molecule has 3 nitrogen and oxygen atoms in total. The van der Waals surface area contributed by atoms with E-state index in [9.17, 15) is 0 Å². The van der Waals surface area contributed by atoms with Crippen molar-refractivity contribution >= 4 is 5.69 Å². The van der Waals surface area contributed by atoms with Crippen molar-refractivity contribution in [2.24, 2.45) is 0 Å². The summed E-state index contributed by atoms with van der Waals surface area (Å²) in [5.74, 6) is 3.45. The van der Waals surface area contributed by atoms with E-state index < -0.39 is 0 Å². The Hall–Kier alpha value is -2.47. The molecule has 3 heteroatoms. The zero-order valence-corrected chi connectivity index (χ0v) is 10.1. The average Bonchev–Trinajstić information content (AvgIpc) is 2.46. The number of aromatic nitrogens is 1. The number of pyridine rings is 1. The highest BCUT2D eigenvalue weighted by Crippen LogP contribution is 2.26. The molecule has 1 aromatic carbocycles. The third-order valence-electron chi connectivity index (χ3n) is 2.56. The highest BCUT2D eigenvalue weighted by Gasteiger charge is 2.11. The van der Waals surface area contributed by atoms with Gasteiger partial charge in [-0.05, 0) is 24.3 Å². The molecule has 0 radical (unpaired) electrons. The van der Waals surface area contributed by atoms with Crippen LogP contribution in [0.1, 0.15) is 11.7 Å². The Morgan fingerprint density at radius 1 is 1.22 bits per heavy atom. The summed E-state index contributed by atoms with van der Waals surface area (Å²) >= 11 is 0. The first-order chi connectivity index (χ1) is 8.85. The van der Waals surface area contributed by atoms with Gasteiger partial charge in [0.15, 0.2) is 0 Å². The molecule has 1 atom stereocenters. The fraction of sp³-hybridized carbons (Fsp3) is 0.133. The number of nitrogens with one attached hydrogen (secondary N) is 1. The fourth-order valence-electron chi connectivity index (χ4n) is 1.67. The molecule has 0 aliphatic carbocycles. The second-order valence-electron chi connectivity index (χ2n) is 3.70. The molecule has 0 unspecified atom stereocenters. The predicted octanol–water partition coefficient (Wildman–Crippen LogP) is 2.88. The number of ether oxygens (including phenoxy) is 1. The van der Waals surface area contributed by atoms with E-state index in [1.807, 2.05) is 42.5 Å². The average molecular weight is 238 g/mol. The van der Waals surface area contributed by atoms with Crippen molar-refractivity contribution in [1.82, 2.24) is 4.98 Å². The van der Waals surface area contributed by atoms with Crippen LogP contribution >= 0.6 is 0 Å². The topological polar surface area (TPSA) is 34.1 Å². The first-order valence-corrected chi connectivity index (χ1v) is 5.61. The molecule has 0 aliphatic heterocycles. The fourth-order valence-corrected chi connectivity index (χ4v) is 1.67. The molecule has 2 aromatic rings. The van der Waals surface area contributed by atoms with Crippen LogP contribution in [0.15, 0.2) is 48.7 Å². The van der Waals surface area contributed by atoms with Gasteiger partial charge in [0, 0.05) is 6.20 Å². The Morgan fingerprint density at radius 3 is 2.67 bits per heavy atom. The minimum Gasteiger partial charge on any atom is -0.495 e. The molecule has 0 amide bonds. The van der Waals surface area contributed by atoms with Gasteiger partial charge in [-0.2, -0.15) is 0 Å². The molecule has 18 heavy (non-hydrogen) atoms. The summed E-state index contributed by atoms with van der Waals surface area (Å²) in [6, 6.07) is 13.0. The number of para-hydroxylation sites is 2. The lowest BCUT2D eigenvalue weighted by atomic mass is 10.1. The maximum absolute atomic E-state index is 5.55. The zero-order chi connectivity index (χ0) is 12.8. The van der Waals surface area contributed by atoms with E-state index >= 15 is 0 Å². The molecule has 1 aromatic heterocycles. The first kappa shape index (κ1) is 12.0. The van der Waals surface area contributed by atoms with E-state index in [0.29, 0.717) is 0 Å². The van der Waals surface area contributed by atoms with Gasteiger partial charge in [0.2, 0.25) is 0 Å². The first-order valence-electron chi connectivity index (χ1n) is 5.61. The molecule has 0 bridgehead atoms. The molecule has 2 rings (SSSR count). The van der Waals surface area contributed by atoms with E-state index in [1.165, 1.54) is 0 Å². The van der Waals surface area contributed by atoms with Gasteiger partial charge in [0.1, 0.15) is 11.8 Å². The Labute approximate surface area is 107 Å². The van der Waals surface area contributed by atoms with Gasteiger partial charge < -0.3 is 10.1 Å². The van der Waals surface area contributed by atoms with Gasteiger partial charge >= 0.3 is 0 Å². The SMILES string of the molecule is C#C[C@H](Nc1ccccc1OC)c1ccccn1. The molecule has 0 saturated heterocycles. The molecule has 90 valence electrons. The van der Waals surface area contributed by atoms with Gasteiger partial charge in [-0.25, -0.2) is 0 Å². The van der Waals surface area contributed by atoms with Crippen LogP contribution < -0.4 is 10.1 Å². The van der Waals surface area contributed by atoms with Crippen molar-refractivity contribution in [3.63, 3.8) is 0 Å². The van der Waals surface area contributed by atoms with E-state index in [-0.39, 0.29) is 6.04 Å². The predicted molar refractivity (Wildman–Crippen MR) is 72.4 cm³/mol. The number of nitrogens with zero attached hydrogens (tertiary/aromatic N) is 1. The minimum atomic E-state index is -0.275. The van der Waals surface area contributed by atoms with Gasteiger partial charge in [-0.3, -0.25) is 4.98 Å². The third kappa shape index (κ3) is 2.61. The monoisotopic (exact) mass is 238 g/mol. The number of terminal acetylenes is 1. The van der Waals surface area contributed by atoms with Crippen molar-refractivity contribution in [2.75, 3.05) is 12.4 Å². The van der Waals surface area contributed by atoms with Crippen LogP contribution in [0, 0.1) is 12.3 Å². The van der Waals surface area contributed by atoms with Crippen LogP contribution in [0.25, 0.3) is 0 Å². The number of anilines is 1. The lowest BCUT2D eigenvalue weighted by Crippen LogP contribution is -2.10. The number of rotatable bonds is 4. The number of hydrogen-bond donors (Lipinski definition) is 1. The second-order valence-corrected chi connectivity index (χ2v) is 3.70. The van der Waals surface area contributed by atoms with Crippen LogP contribution in [0.3, 0.4) is 0 Å². The largest absolute Gasteiger partial charge is 0.495 e. The highest BCUT2D eigenvalue weighted by molar-refractivity contribution is 5.58. The van der Waals surface area contributed by atoms with Crippen LogP contribution in [0.2, 0.25) is 0 Å². The molecule has 0 aliphatic rings. The number of methoxy groups -OCH3 is 1. The Kier molecular flexibility index (Phi) is 3.83. The Morgan fingerprint density at radius 2 is 2.00 bits per heavy atom. The van der Waals surface area contributed by atoms with Crippen molar-refractivity contribution < 1.29 is 4.74 Å². The van der Waals surface area contributed by atoms with Crippen molar-refractivity contribution in [2.45, 2.75) is 6.04 Å². The molecular formula is C15H14N2O. The van der Waals surface area contributed by atoms with E-state index in [1.54, 1.807) is 13.3 Å². The van der Waals surface area contributed by atoms with Crippen LogP contribution in [-0.2, 0) is 0 Å². The van der Waals surface area contributed by atoms with Crippen molar-refractivity contribution in [1.29, 1.82) is 0 Å². The van der Waals surface area contributed by atoms with Crippen molar-refractivity contribution in [3.8, 4) is 18.1 Å². The lowest BCUT2D eigenvalue weighted by Gasteiger charge is -2.16. The molecule has 1 heterocycles. The zero-order valence-electron chi connectivity index (χ0n) is 10.1. The van der Waals surface area contributed by atoms with Crippen LogP contribution in [0.4, 0.5) is 5.69 Å². The third-order valence-corrected chi connectivity index (χ3v) is 2.56. The molecule has 1 N–H and O–H groups in total. The highest BCUT2D eigenvalue weighted by atomic mass is 16.5. The molecule has 0 spiro atoms. The van der Waals surface area contributed by atoms with Gasteiger partial charge in [-0.1, -0.05) is 24.1 Å². The van der Waals surface area contributed by atoms with Crippen LogP contribution in [0.5, 0.6) is 5.75 Å². The summed E-state index contributed by atoms with van der Waals surface area (Å²) in [5, 5.41) is 3.24. The Bertz CT molecular complexity index is 546. The van der Waals surface area contributed by atoms with Gasteiger partial charge in [-0.15, -0.1) is 6.42 Å². The summed E-state index contributed by atoms with van der Waals surface area (Å²) in [4.78, 5) is 4.26. The number of benzene rings is 1. The van der Waals surface area contributed by atoms with E-state index in [2.05, 4.69) is 16.2 Å². The van der Waals surface area contributed by atoms with Gasteiger partial charge in [0.25, 0.3) is 0 Å².